The van der Waals surface area contributed by atoms with Crippen molar-refractivity contribution in [1.29, 1.82) is 0 Å². The van der Waals surface area contributed by atoms with Crippen LogP contribution in [-0.2, 0) is 20.4 Å². The maximum absolute atomic E-state index is 13.7. The average Bonchev–Trinajstić information content (AvgIpc) is 2.45. The van der Waals surface area contributed by atoms with E-state index in [-0.39, 0.29) is 11.5 Å². The molecule has 128 valence electrons. The molecule has 1 rings (SSSR count). The van der Waals surface area contributed by atoms with Gasteiger partial charge in [-0.2, -0.15) is 0 Å². The van der Waals surface area contributed by atoms with Crippen molar-refractivity contribution >= 4 is 22.6 Å². The highest BCUT2D eigenvalue weighted by atomic mass is 32.2. The highest BCUT2D eigenvalue weighted by Crippen LogP contribution is 2.25. The van der Waals surface area contributed by atoms with Gasteiger partial charge in [-0.3, -0.25) is 13.8 Å². The third-order valence-electron chi connectivity index (χ3n) is 3.26. The highest BCUT2D eigenvalue weighted by Gasteiger charge is 2.24. The Kier molecular flexibility index (Phi) is 6.80. The van der Waals surface area contributed by atoms with Crippen molar-refractivity contribution in [2.24, 2.45) is 0 Å². The van der Waals surface area contributed by atoms with Gasteiger partial charge < -0.3 is 10.2 Å². The fourth-order valence-corrected chi connectivity index (χ4v) is 3.10. The maximum Gasteiger partial charge on any atom is 0.244 e. The molecule has 0 spiro atoms. The van der Waals surface area contributed by atoms with E-state index in [0.717, 1.165) is 12.1 Å². The van der Waals surface area contributed by atoms with Crippen molar-refractivity contribution in [3.63, 3.8) is 0 Å². The molecule has 8 heteroatoms. The first-order valence-corrected chi connectivity index (χ1v) is 8.35. The van der Waals surface area contributed by atoms with E-state index < -0.39 is 45.4 Å². The number of likely N-dealkylation sites (N-methyl/N-ethyl adjacent to an activating group) is 1. The van der Waals surface area contributed by atoms with E-state index in [0.29, 0.717) is 0 Å². The second kappa shape index (κ2) is 8.14. The molecule has 0 bridgehead atoms. The molecule has 23 heavy (non-hydrogen) atoms. The van der Waals surface area contributed by atoms with E-state index in [1.165, 1.54) is 24.8 Å². The molecule has 0 unspecified atom stereocenters. The Labute approximate surface area is 136 Å². The van der Waals surface area contributed by atoms with E-state index in [1.807, 2.05) is 0 Å². The van der Waals surface area contributed by atoms with Crippen LogP contribution in [0.5, 0.6) is 0 Å². The Morgan fingerprint density at radius 2 is 1.74 bits per heavy atom. The van der Waals surface area contributed by atoms with Crippen LogP contribution in [0.25, 0.3) is 0 Å². The van der Waals surface area contributed by atoms with Crippen LogP contribution < -0.4 is 5.32 Å². The zero-order valence-corrected chi connectivity index (χ0v) is 14.2. The van der Waals surface area contributed by atoms with Crippen LogP contribution in [0.3, 0.4) is 0 Å². The molecule has 0 aromatic heterocycles. The Bertz CT molecular complexity index is 602. The Morgan fingerprint density at radius 1 is 1.22 bits per heavy atom. The molecule has 1 aromatic rings. The van der Waals surface area contributed by atoms with Gasteiger partial charge in [0.2, 0.25) is 11.8 Å². The first-order valence-electron chi connectivity index (χ1n) is 6.96. The number of amides is 2. The van der Waals surface area contributed by atoms with E-state index in [1.54, 1.807) is 14.1 Å². The molecular formula is C15H20F2N2O3S. The second-order valence-electron chi connectivity index (χ2n) is 5.32. The topological polar surface area (TPSA) is 66.5 Å². The molecule has 1 aromatic carbocycles. The first kappa shape index (κ1) is 19.2. The Hall–Kier alpha value is -1.83. The van der Waals surface area contributed by atoms with Gasteiger partial charge in [-0.1, -0.05) is 6.07 Å². The molecule has 1 N–H and O–H groups in total. The van der Waals surface area contributed by atoms with Crippen LogP contribution >= 0.6 is 0 Å². The standard InChI is InChI=1S/C15H20F2N2O3S/c1-9(15(21)19(3)4)18-13(20)8-23(22)10(2)14-11(16)6-5-7-12(14)17/h5-7,9-10H,8H2,1-4H3,(H,18,20)/t9-,10-,23-/m0/s1. The van der Waals surface area contributed by atoms with Gasteiger partial charge in [0.25, 0.3) is 0 Å². The quantitative estimate of drug-likeness (QED) is 0.846. The summed E-state index contributed by atoms with van der Waals surface area (Å²) in [6, 6.07) is 2.59. The van der Waals surface area contributed by atoms with Crippen LogP contribution in [0.4, 0.5) is 8.78 Å². The average molecular weight is 346 g/mol. The second-order valence-corrected chi connectivity index (χ2v) is 7.08. The first-order chi connectivity index (χ1) is 10.6. The smallest absolute Gasteiger partial charge is 0.244 e. The summed E-state index contributed by atoms with van der Waals surface area (Å²) in [4.78, 5) is 24.8. The summed E-state index contributed by atoms with van der Waals surface area (Å²) in [5, 5.41) is 1.43. The van der Waals surface area contributed by atoms with Gasteiger partial charge >= 0.3 is 0 Å². The van der Waals surface area contributed by atoms with E-state index in [4.69, 9.17) is 0 Å². The third-order valence-corrected chi connectivity index (χ3v) is 4.83. The number of hydrogen-bond donors (Lipinski definition) is 1. The van der Waals surface area contributed by atoms with Crippen LogP contribution in [-0.4, -0.2) is 46.8 Å². The molecule has 5 nitrogen and oxygen atoms in total. The van der Waals surface area contributed by atoms with E-state index in [2.05, 4.69) is 5.32 Å². The fourth-order valence-electron chi connectivity index (χ4n) is 2.02. The number of halogens is 2. The normalized spacial score (nSPS) is 14.7. The van der Waals surface area contributed by atoms with Gasteiger partial charge in [0.1, 0.15) is 23.4 Å². The largest absolute Gasteiger partial charge is 0.347 e. The number of carbonyl (C=O) groups is 2. The van der Waals surface area contributed by atoms with Crippen molar-refractivity contribution in [3.05, 3.63) is 35.4 Å². The number of rotatable bonds is 6. The Morgan fingerprint density at radius 3 is 2.22 bits per heavy atom. The predicted molar refractivity (Wildman–Crippen MR) is 84.1 cm³/mol. The minimum atomic E-state index is -1.82. The molecule has 0 fully saturated rings. The summed E-state index contributed by atoms with van der Waals surface area (Å²) in [5.41, 5.74) is -0.309. The SMILES string of the molecule is C[C@H](NC(=O)C[S@](=O)[C@@H](C)c1c(F)cccc1F)C(=O)N(C)C. The summed E-state index contributed by atoms with van der Waals surface area (Å²) in [7, 11) is 1.27. The number of hydrogen-bond acceptors (Lipinski definition) is 3. The number of carbonyl (C=O) groups excluding carboxylic acids is 2. The van der Waals surface area contributed by atoms with Gasteiger partial charge in [-0.15, -0.1) is 0 Å². The van der Waals surface area contributed by atoms with Crippen LogP contribution in [0.15, 0.2) is 18.2 Å². The van der Waals surface area contributed by atoms with Gasteiger partial charge in [0.05, 0.1) is 5.25 Å². The van der Waals surface area contributed by atoms with Crippen molar-refractivity contribution in [2.45, 2.75) is 25.1 Å². The zero-order chi connectivity index (χ0) is 17.7. The van der Waals surface area contributed by atoms with Gasteiger partial charge in [0.15, 0.2) is 0 Å². The van der Waals surface area contributed by atoms with Crippen molar-refractivity contribution in [3.8, 4) is 0 Å². The summed E-state index contributed by atoms with van der Waals surface area (Å²) in [5.74, 6) is -2.98. The van der Waals surface area contributed by atoms with Gasteiger partial charge in [0, 0.05) is 30.5 Å². The van der Waals surface area contributed by atoms with E-state index >= 15 is 0 Å². The molecule has 3 atom stereocenters. The van der Waals surface area contributed by atoms with E-state index in [9.17, 15) is 22.6 Å². The highest BCUT2D eigenvalue weighted by molar-refractivity contribution is 7.86. The van der Waals surface area contributed by atoms with Crippen LogP contribution in [0, 0.1) is 11.6 Å². The third kappa shape index (κ3) is 5.09. The molecule has 0 aliphatic rings. The van der Waals surface area contributed by atoms with Crippen LogP contribution in [0.2, 0.25) is 0 Å². The Balaban J connectivity index is 2.72. The minimum absolute atomic E-state index is 0.308. The zero-order valence-electron chi connectivity index (χ0n) is 13.4. The molecule has 0 aliphatic carbocycles. The minimum Gasteiger partial charge on any atom is -0.347 e. The summed E-state index contributed by atoms with van der Waals surface area (Å²) in [6.45, 7) is 2.89. The number of benzene rings is 1. The summed E-state index contributed by atoms with van der Waals surface area (Å²) in [6.07, 6.45) is 0. The van der Waals surface area contributed by atoms with Crippen molar-refractivity contribution in [2.75, 3.05) is 19.8 Å². The molecule has 0 radical (unpaired) electrons. The predicted octanol–water partition coefficient (Wildman–Crippen LogP) is 1.37. The van der Waals surface area contributed by atoms with Crippen molar-refractivity contribution in [1.82, 2.24) is 10.2 Å². The summed E-state index contributed by atoms with van der Waals surface area (Å²) >= 11 is 0. The lowest BCUT2D eigenvalue weighted by atomic mass is 10.1. The van der Waals surface area contributed by atoms with Gasteiger partial charge in [-0.05, 0) is 26.0 Å². The maximum atomic E-state index is 13.7. The number of nitrogens with zero attached hydrogens (tertiary/aromatic N) is 1. The molecule has 0 saturated carbocycles. The molecule has 0 saturated heterocycles. The van der Waals surface area contributed by atoms with Crippen molar-refractivity contribution < 1.29 is 22.6 Å². The molecule has 0 aliphatic heterocycles. The lowest BCUT2D eigenvalue weighted by Crippen LogP contribution is -2.45. The monoisotopic (exact) mass is 346 g/mol. The lowest BCUT2D eigenvalue weighted by molar-refractivity contribution is -0.133. The molecule has 2 amide bonds. The van der Waals surface area contributed by atoms with Gasteiger partial charge in [-0.25, -0.2) is 8.78 Å². The van der Waals surface area contributed by atoms with Crippen LogP contribution in [0.1, 0.15) is 24.7 Å². The summed E-state index contributed by atoms with van der Waals surface area (Å²) < 4.78 is 39.5. The molecule has 0 heterocycles. The molecular weight excluding hydrogens is 326 g/mol. The fraction of sp³-hybridized carbons (Fsp3) is 0.467. The lowest BCUT2D eigenvalue weighted by Gasteiger charge is -2.18. The number of nitrogens with one attached hydrogen (secondary N) is 1.